The van der Waals surface area contributed by atoms with Crippen molar-refractivity contribution >= 4 is 23.7 Å². The molecule has 4 unspecified atom stereocenters. The summed E-state index contributed by atoms with van der Waals surface area (Å²) in [5.74, 6) is -1.52. The van der Waals surface area contributed by atoms with E-state index in [1.54, 1.807) is 38.2 Å². The Morgan fingerprint density at radius 2 is 1.62 bits per heavy atom. The van der Waals surface area contributed by atoms with Gasteiger partial charge in [0.25, 0.3) is 0 Å². The van der Waals surface area contributed by atoms with Crippen molar-refractivity contribution in [3.8, 4) is 0 Å². The van der Waals surface area contributed by atoms with Crippen LogP contribution in [0.2, 0.25) is 0 Å². The monoisotopic (exact) mass is 550 g/mol. The molecule has 0 radical (unpaired) electrons. The second-order valence-electron chi connectivity index (χ2n) is 11.4. The van der Waals surface area contributed by atoms with E-state index in [2.05, 4.69) is 27.3 Å². The molecule has 0 fully saturated rings. The van der Waals surface area contributed by atoms with E-state index in [1.165, 1.54) is 12.7 Å². The summed E-state index contributed by atoms with van der Waals surface area (Å²) in [5, 5.41) is 11.8. The first-order chi connectivity index (χ1) is 18.9. The molecule has 9 nitrogen and oxygen atoms in total. The fourth-order valence-corrected chi connectivity index (χ4v) is 4.84. The van der Waals surface area contributed by atoms with Crippen molar-refractivity contribution in [2.24, 2.45) is 5.41 Å². The van der Waals surface area contributed by atoms with Crippen molar-refractivity contribution in [3.63, 3.8) is 0 Å². The number of carbonyl (C=O) groups is 4. The average Bonchev–Trinajstić information content (AvgIpc) is 2.94. The molecule has 0 bridgehead atoms. The van der Waals surface area contributed by atoms with Crippen molar-refractivity contribution < 1.29 is 23.9 Å². The number of benzene rings is 2. The number of methoxy groups -OCH3 is 1. The lowest BCUT2D eigenvalue weighted by Gasteiger charge is -2.33. The molecular formula is C31H42N4O5. The van der Waals surface area contributed by atoms with Crippen LogP contribution < -0.4 is 21.3 Å². The number of hydrogen-bond acceptors (Lipinski definition) is 6. The first-order valence-electron chi connectivity index (χ1n) is 13.8. The van der Waals surface area contributed by atoms with Crippen molar-refractivity contribution in [3.05, 3.63) is 70.8 Å². The first-order valence-corrected chi connectivity index (χ1v) is 13.8. The number of nitrogens with one attached hydrogen (secondary N) is 4. The third-order valence-corrected chi connectivity index (χ3v) is 7.37. The van der Waals surface area contributed by atoms with Gasteiger partial charge in [-0.25, -0.2) is 4.79 Å². The number of amides is 3. The summed E-state index contributed by atoms with van der Waals surface area (Å²) < 4.78 is 4.78. The second-order valence-corrected chi connectivity index (χ2v) is 11.4. The normalized spacial score (nSPS) is 17.0. The number of aryl methyl sites for hydroxylation is 1. The van der Waals surface area contributed by atoms with Gasteiger partial charge in [0.15, 0.2) is 0 Å². The minimum Gasteiger partial charge on any atom is -0.465 e. The summed E-state index contributed by atoms with van der Waals surface area (Å²) in [6, 6.07) is 12.4. The molecule has 4 N–H and O–H groups in total. The Labute approximate surface area is 236 Å². The van der Waals surface area contributed by atoms with Crippen LogP contribution in [0.1, 0.15) is 73.6 Å². The van der Waals surface area contributed by atoms with Gasteiger partial charge in [0.2, 0.25) is 17.7 Å². The number of esters is 1. The SMILES string of the molecule is CNC(C)C(=O)NC(C(=O)NC(Cc1ccc(C(=O)OC)cc1)C(=O)NC1CCCc2ccccc21)C(C)(C)C. The summed E-state index contributed by atoms with van der Waals surface area (Å²) in [7, 11) is 2.99. The summed E-state index contributed by atoms with van der Waals surface area (Å²) in [6.45, 7) is 7.30. The number of fused-ring (bicyclic) bond motifs is 1. The quantitative estimate of drug-likeness (QED) is 0.337. The van der Waals surface area contributed by atoms with Gasteiger partial charge in [-0.1, -0.05) is 57.2 Å². The highest BCUT2D eigenvalue weighted by molar-refractivity contribution is 5.94. The summed E-state index contributed by atoms with van der Waals surface area (Å²) >= 11 is 0. The molecule has 0 saturated carbocycles. The van der Waals surface area contributed by atoms with Crippen LogP contribution >= 0.6 is 0 Å². The number of rotatable bonds is 10. The topological polar surface area (TPSA) is 126 Å². The molecule has 1 aliphatic carbocycles. The molecular weight excluding hydrogens is 508 g/mol. The molecule has 0 aliphatic heterocycles. The Bertz CT molecular complexity index is 1200. The van der Waals surface area contributed by atoms with Crippen LogP contribution in [0.15, 0.2) is 48.5 Å². The maximum absolute atomic E-state index is 13.7. The molecule has 0 heterocycles. The lowest BCUT2D eigenvalue weighted by Crippen LogP contribution is -2.60. The second kappa shape index (κ2) is 13.6. The summed E-state index contributed by atoms with van der Waals surface area (Å²) in [5.41, 5.74) is 2.85. The number of ether oxygens (including phenoxy) is 1. The van der Waals surface area contributed by atoms with E-state index in [0.717, 1.165) is 30.4 Å². The molecule has 9 heteroatoms. The predicted molar refractivity (Wildman–Crippen MR) is 154 cm³/mol. The van der Waals surface area contributed by atoms with Crippen molar-refractivity contribution in [2.45, 2.75) is 77.5 Å². The predicted octanol–water partition coefficient (Wildman–Crippen LogP) is 2.83. The maximum atomic E-state index is 13.7. The largest absolute Gasteiger partial charge is 0.465 e. The van der Waals surface area contributed by atoms with Gasteiger partial charge in [0.05, 0.1) is 24.8 Å². The van der Waals surface area contributed by atoms with Gasteiger partial charge < -0.3 is 26.0 Å². The van der Waals surface area contributed by atoms with Gasteiger partial charge in [-0.05, 0) is 67.5 Å². The molecule has 1 aliphatic rings. The minimum atomic E-state index is -0.908. The van der Waals surface area contributed by atoms with Gasteiger partial charge >= 0.3 is 5.97 Å². The van der Waals surface area contributed by atoms with Gasteiger partial charge in [-0.15, -0.1) is 0 Å². The van der Waals surface area contributed by atoms with Crippen LogP contribution in [0.3, 0.4) is 0 Å². The third kappa shape index (κ3) is 7.91. The lowest BCUT2D eigenvalue weighted by molar-refractivity contribution is -0.135. The lowest BCUT2D eigenvalue weighted by atomic mass is 9.85. The Morgan fingerprint density at radius 3 is 2.25 bits per heavy atom. The highest BCUT2D eigenvalue weighted by Crippen LogP contribution is 2.29. The van der Waals surface area contributed by atoms with Crippen LogP contribution in [-0.4, -0.2) is 56.0 Å². The first kappa shape index (κ1) is 30.8. The van der Waals surface area contributed by atoms with E-state index in [-0.39, 0.29) is 24.3 Å². The smallest absolute Gasteiger partial charge is 0.337 e. The molecule has 0 aromatic heterocycles. The minimum absolute atomic E-state index is 0.159. The number of hydrogen-bond donors (Lipinski definition) is 4. The number of carbonyl (C=O) groups excluding carboxylic acids is 4. The zero-order chi connectivity index (χ0) is 29.4. The van der Waals surface area contributed by atoms with E-state index in [1.807, 2.05) is 39.0 Å². The van der Waals surface area contributed by atoms with Crippen molar-refractivity contribution in [1.82, 2.24) is 21.3 Å². The van der Waals surface area contributed by atoms with Gasteiger partial charge in [-0.2, -0.15) is 0 Å². The standard InChI is InChI=1S/C31H42N4O5/c1-19(32-5)27(36)35-26(31(2,3)4)29(38)34-25(18-20-14-16-22(17-15-20)30(39)40-6)28(37)33-24-13-9-11-21-10-7-8-12-23(21)24/h7-8,10,12,14-17,19,24-26,32H,9,11,13,18H2,1-6H3,(H,33,37)(H,34,38)(H,35,36). The van der Waals surface area contributed by atoms with E-state index >= 15 is 0 Å². The molecule has 3 amide bonds. The molecule has 40 heavy (non-hydrogen) atoms. The zero-order valence-corrected chi connectivity index (χ0v) is 24.3. The molecule has 4 atom stereocenters. The third-order valence-electron chi connectivity index (χ3n) is 7.37. The van der Waals surface area contributed by atoms with E-state index in [4.69, 9.17) is 4.74 Å². The maximum Gasteiger partial charge on any atom is 0.337 e. The van der Waals surface area contributed by atoms with Crippen LogP contribution in [0, 0.1) is 5.41 Å². The Kier molecular flexibility index (Phi) is 10.5. The molecule has 0 spiro atoms. The van der Waals surface area contributed by atoms with E-state index in [9.17, 15) is 19.2 Å². The van der Waals surface area contributed by atoms with Crippen LogP contribution in [-0.2, 0) is 32.0 Å². The zero-order valence-electron chi connectivity index (χ0n) is 24.3. The fraction of sp³-hybridized carbons (Fsp3) is 0.484. The summed E-state index contributed by atoms with van der Waals surface area (Å²) in [6.07, 6.45) is 2.92. The van der Waals surface area contributed by atoms with Crippen LogP contribution in [0.5, 0.6) is 0 Å². The molecule has 2 aromatic carbocycles. The average molecular weight is 551 g/mol. The van der Waals surface area contributed by atoms with Crippen LogP contribution in [0.4, 0.5) is 0 Å². The molecule has 216 valence electrons. The Morgan fingerprint density at radius 1 is 0.950 bits per heavy atom. The Balaban J connectivity index is 1.86. The van der Waals surface area contributed by atoms with Gasteiger partial charge in [0, 0.05) is 6.42 Å². The van der Waals surface area contributed by atoms with Crippen LogP contribution in [0.25, 0.3) is 0 Å². The van der Waals surface area contributed by atoms with Gasteiger partial charge in [-0.3, -0.25) is 14.4 Å². The van der Waals surface area contributed by atoms with Crippen molar-refractivity contribution in [1.29, 1.82) is 0 Å². The van der Waals surface area contributed by atoms with Crippen molar-refractivity contribution in [2.75, 3.05) is 14.2 Å². The van der Waals surface area contributed by atoms with E-state index in [0.29, 0.717) is 5.56 Å². The number of likely N-dealkylation sites (N-methyl/N-ethyl adjacent to an activating group) is 1. The van der Waals surface area contributed by atoms with E-state index < -0.39 is 35.4 Å². The highest BCUT2D eigenvalue weighted by atomic mass is 16.5. The van der Waals surface area contributed by atoms with Gasteiger partial charge in [0.1, 0.15) is 12.1 Å². The fourth-order valence-electron chi connectivity index (χ4n) is 4.84. The Hall–Kier alpha value is -3.72. The highest BCUT2D eigenvalue weighted by Gasteiger charge is 2.36. The molecule has 2 aromatic rings. The molecule has 0 saturated heterocycles. The molecule has 3 rings (SSSR count). The summed E-state index contributed by atoms with van der Waals surface area (Å²) in [4.78, 5) is 51.9.